The highest BCUT2D eigenvalue weighted by molar-refractivity contribution is 5.70. The third kappa shape index (κ3) is 14.3. The molecule has 11 heteroatoms. The molecular formula is C37H64N2O9. The summed E-state index contributed by atoms with van der Waals surface area (Å²) in [4.78, 5) is 27.9. The quantitative estimate of drug-likeness (QED) is 0.116. The van der Waals surface area contributed by atoms with Gasteiger partial charge in [-0.15, -0.1) is 0 Å². The molecule has 0 aromatic heterocycles. The number of carbonyl (C=O) groups excluding carboxylic acids is 2. The minimum Gasteiger partial charge on any atom is -0.457 e. The van der Waals surface area contributed by atoms with Crippen LogP contribution >= 0.6 is 0 Å². The molecule has 0 bridgehead atoms. The lowest BCUT2D eigenvalue weighted by molar-refractivity contribution is -0.151. The van der Waals surface area contributed by atoms with Crippen molar-refractivity contribution in [1.29, 1.82) is 0 Å². The van der Waals surface area contributed by atoms with Gasteiger partial charge in [-0.1, -0.05) is 51.5 Å². The first-order valence-corrected chi connectivity index (χ1v) is 17.8. The molecule has 1 amide bonds. The summed E-state index contributed by atoms with van der Waals surface area (Å²) in [5, 5.41) is 35.6. The molecule has 0 aliphatic carbocycles. The van der Waals surface area contributed by atoms with Crippen LogP contribution in [0, 0.1) is 11.8 Å². The number of alkyl carbamates (subject to hydrolysis) is 1. The van der Waals surface area contributed by atoms with Crippen molar-refractivity contribution in [2.45, 2.75) is 142 Å². The van der Waals surface area contributed by atoms with Gasteiger partial charge in [-0.05, 0) is 84.5 Å². The van der Waals surface area contributed by atoms with Crippen molar-refractivity contribution in [2.75, 3.05) is 33.3 Å². The average Bonchev–Trinajstić information content (AvgIpc) is 3.04. The summed E-state index contributed by atoms with van der Waals surface area (Å²) in [6.45, 7) is 16.2. The van der Waals surface area contributed by atoms with Crippen LogP contribution in [0.25, 0.3) is 0 Å². The predicted molar refractivity (Wildman–Crippen MR) is 186 cm³/mol. The molecule has 11 nitrogen and oxygen atoms in total. The number of nitrogens with zero attached hydrogens (tertiary/aromatic N) is 1. The Bertz CT molecular complexity index is 1050. The van der Waals surface area contributed by atoms with Crippen LogP contribution < -0.4 is 5.32 Å². The molecule has 0 radical (unpaired) electrons. The molecule has 276 valence electrons. The number of aliphatic hydroxyl groups is 3. The van der Waals surface area contributed by atoms with E-state index in [1.807, 2.05) is 59.8 Å². The van der Waals surface area contributed by atoms with Crippen molar-refractivity contribution in [3.63, 3.8) is 0 Å². The SMILES string of the molecule is CCC(OC)C(C)OC(C)C(O)C(C)/C=C/C=C(\C)C1OC(=O)CC(O)CCC(C)(O)C(OC(=O)NCCN2CCCCC2)/C=C/C1C. The summed E-state index contributed by atoms with van der Waals surface area (Å²) in [6.07, 6.45) is 8.61. The molecule has 10 unspecified atom stereocenters. The number of cyclic esters (lactones) is 1. The van der Waals surface area contributed by atoms with Gasteiger partial charge in [0.25, 0.3) is 0 Å². The molecule has 2 aliphatic rings. The fraction of sp³-hybridized carbons (Fsp3) is 0.784. The standard InChI is InChI=1S/C37H64N2O9/c1-9-31(45-8)28(5)46-29(6)34(42)25(2)14-13-15-26(3)35-27(4)16-17-32(37(7,44)19-18-30(40)24-33(41)48-35)47-36(43)38-20-23-39-21-11-10-12-22-39/h13-17,25,27-32,34-35,40,42,44H,9-12,18-24H2,1-8H3,(H,38,43)/b14-13+,17-16+,26-15+. The number of ether oxygens (including phenoxy) is 4. The minimum atomic E-state index is -1.48. The van der Waals surface area contributed by atoms with E-state index in [9.17, 15) is 24.9 Å². The van der Waals surface area contributed by atoms with E-state index in [1.165, 1.54) is 6.42 Å². The predicted octanol–water partition coefficient (Wildman–Crippen LogP) is 4.69. The largest absolute Gasteiger partial charge is 0.457 e. The second-order valence-corrected chi connectivity index (χ2v) is 13.9. The van der Waals surface area contributed by atoms with Gasteiger partial charge >= 0.3 is 12.1 Å². The maximum absolute atomic E-state index is 12.8. The van der Waals surface area contributed by atoms with E-state index in [4.69, 9.17) is 18.9 Å². The summed E-state index contributed by atoms with van der Waals surface area (Å²) < 4.78 is 23.1. The Morgan fingerprint density at radius 3 is 2.52 bits per heavy atom. The third-order valence-electron chi connectivity index (χ3n) is 9.60. The van der Waals surface area contributed by atoms with Crippen LogP contribution in [0.15, 0.2) is 36.0 Å². The maximum atomic E-state index is 12.8. The molecule has 2 aliphatic heterocycles. The normalized spacial score (nSPS) is 30.6. The van der Waals surface area contributed by atoms with E-state index >= 15 is 0 Å². The number of aliphatic hydroxyl groups excluding tert-OH is 2. The lowest BCUT2D eigenvalue weighted by Crippen LogP contribution is -2.45. The highest BCUT2D eigenvalue weighted by atomic mass is 16.6. The molecule has 0 aromatic rings. The Morgan fingerprint density at radius 1 is 1.19 bits per heavy atom. The summed E-state index contributed by atoms with van der Waals surface area (Å²) in [5.41, 5.74) is -0.738. The molecule has 48 heavy (non-hydrogen) atoms. The third-order valence-corrected chi connectivity index (χ3v) is 9.60. The number of esters is 1. The minimum absolute atomic E-state index is 0.0543. The van der Waals surface area contributed by atoms with Gasteiger partial charge in [-0.25, -0.2) is 4.79 Å². The highest BCUT2D eigenvalue weighted by Crippen LogP contribution is 2.27. The molecule has 10 atom stereocenters. The summed E-state index contributed by atoms with van der Waals surface area (Å²) >= 11 is 0. The first-order valence-electron chi connectivity index (χ1n) is 17.8. The van der Waals surface area contributed by atoms with Crippen LogP contribution in [0.4, 0.5) is 4.79 Å². The van der Waals surface area contributed by atoms with Crippen molar-refractivity contribution >= 4 is 12.1 Å². The molecule has 2 heterocycles. The zero-order valence-corrected chi connectivity index (χ0v) is 30.6. The molecular weight excluding hydrogens is 616 g/mol. The Kier molecular flexibility index (Phi) is 18.4. The monoisotopic (exact) mass is 680 g/mol. The second kappa shape index (κ2) is 21.1. The molecule has 4 N–H and O–H groups in total. The van der Waals surface area contributed by atoms with Crippen molar-refractivity contribution in [3.05, 3.63) is 36.0 Å². The number of nitrogens with one attached hydrogen (secondary N) is 1. The Labute approximate surface area is 288 Å². The number of hydrogen-bond acceptors (Lipinski definition) is 10. The maximum Gasteiger partial charge on any atom is 0.407 e. The number of piperidine rings is 1. The van der Waals surface area contributed by atoms with Gasteiger partial charge in [0.1, 0.15) is 11.7 Å². The fourth-order valence-electron chi connectivity index (χ4n) is 6.32. The van der Waals surface area contributed by atoms with Gasteiger partial charge in [0.05, 0.1) is 36.9 Å². The van der Waals surface area contributed by atoms with Gasteiger partial charge in [-0.3, -0.25) is 4.79 Å². The molecule has 0 spiro atoms. The van der Waals surface area contributed by atoms with Crippen molar-refractivity contribution in [2.24, 2.45) is 11.8 Å². The van der Waals surface area contributed by atoms with Crippen LogP contribution in [-0.4, -0.2) is 114 Å². The van der Waals surface area contributed by atoms with E-state index in [0.717, 1.165) is 44.5 Å². The summed E-state index contributed by atoms with van der Waals surface area (Å²) in [6, 6.07) is 0. The van der Waals surface area contributed by atoms with Gasteiger partial charge in [0, 0.05) is 32.0 Å². The van der Waals surface area contributed by atoms with E-state index in [1.54, 1.807) is 26.2 Å². The first-order chi connectivity index (χ1) is 22.7. The smallest absolute Gasteiger partial charge is 0.407 e. The van der Waals surface area contributed by atoms with Gasteiger partial charge in [0.15, 0.2) is 6.10 Å². The number of allylic oxidation sites excluding steroid dienone is 2. The molecule has 0 saturated carbocycles. The van der Waals surface area contributed by atoms with Crippen molar-refractivity contribution in [3.8, 4) is 0 Å². The highest BCUT2D eigenvalue weighted by Gasteiger charge is 2.35. The van der Waals surface area contributed by atoms with E-state index < -0.39 is 48.2 Å². The summed E-state index contributed by atoms with van der Waals surface area (Å²) in [5.74, 6) is -1.13. The number of rotatable bonds is 14. The summed E-state index contributed by atoms with van der Waals surface area (Å²) in [7, 11) is 1.65. The van der Waals surface area contributed by atoms with Crippen LogP contribution in [0.1, 0.15) is 93.4 Å². The zero-order valence-electron chi connectivity index (χ0n) is 30.6. The van der Waals surface area contributed by atoms with Crippen LogP contribution in [0.2, 0.25) is 0 Å². The number of hydrogen-bond donors (Lipinski definition) is 4. The van der Waals surface area contributed by atoms with E-state index in [0.29, 0.717) is 6.54 Å². The van der Waals surface area contributed by atoms with Crippen molar-refractivity contribution < 1.29 is 43.9 Å². The second-order valence-electron chi connectivity index (χ2n) is 13.9. The van der Waals surface area contributed by atoms with Crippen LogP contribution in [0.5, 0.6) is 0 Å². The number of amides is 1. The Morgan fingerprint density at radius 2 is 1.88 bits per heavy atom. The Hall–Kier alpha value is -2.28. The zero-order chi connectivity index (χ0) is 35.9. The molecule has 0 aromatic carbocycles. The fourth-order valence-corrected chi connectivity index (χ4v) is 6.32. The van der Waals surface area contributed by atoms with E-state index in [-0.39, 0.29) is 43.3 Å². The number of likely N-dealkylation sites (tertiary alicyclic amines) is 1. The average molecular weight is 681 g/mol. The van der Waals surface area contributed by atoms with Gasteiger partial charge < -0.3 is 44.5 Å². The molecule has 1 saturated heterocycles. The molecule has 1 fully saturated rings. The van der Waals surface area contributed by atoms with Crippen LogP contribution in [0.3, 0.4) is 0 Å². The van der Waals surface area contributed by atoms with Crippen LogP contribution in [-0.2, 0) is 23.7 Å². The lowest BCUT2D eigenvalue weighted by atomic mass is 9.88. The Balaban J connectivity index is 2.15. The number of carbonyl (C=O) groups is 2. The van der Waals surface area contributed by atoms with Gasteiger partial charge in [-0.2, -0.15) is 0 Å². The lowest BCUT2D eigenvalue weighted by Gasteiger charge is -2.33. The topological polar surface area (TPSA) is 147 Å². The molecule has 2 rings (SSSR count). The van der Waals surface area contributed by atoms with Crippen molar-refractivity contribution in [1.82, 2.24) is 10.2 Å². The first kappa shape index (κ1) is 41.9. The van der Waals surface area contributed by atoms with Gasteiger partial charge in [0.2, 0.25) is 0 Å². The number of methoxy groups -OCH3 is 1. The van der Waals surface area contributed by atoms with E-state index in [2.05, 4.69) is 10.2 Å².